The van der Waals surface area contributed by atoms with Gasteiger partial charge in [0.15, 0.2) is 0 Å². The first-order chi connectivity index (χ1) is 10.6. The van der Waals surface area contributed by atoms with Gasteiger partial charge in [0.1, 0.15) is 0 Å². The standard InChI is InChI=1S/C16H15NO3S2/c1-2-17(8-7-14(18)19)16(20)13-9-12-15(22-13)10-5-3-4-6-11(10)21-12/h3-6,9H,2,7-8H2,1H3,(H,18,19). The molecule has 0 aliphatic rings. The SMILES string of the molecule is CCN(CCC(=O)O)C(=O)c1cc2sc3ccccc3c2s1. The molecule has 0 fully saturated rings. The molecule has 22 heavy (non-hydrogen) atoms. The zero-order valence-corrected chi connectivity index (χ0v) is 13.7. The van der Waals surface area contributed by atoms with Crippen molar-refractivity contribution in [1.82, 2.24) is 4.90 Å². The molecule has 6 heteroatoms. The second-order valence-corrected chi connectivity index (χ2v) is 7.07. The number of hydrogen-bond donors (Lipinski definition) is 1. The van der Waals surface area contributed by atoms with Gasteiger partial charge in [-0.05, 0) is 19.1 Å². The Labute approximate surface area is 135 Å². The van der Waals surface area contributed by atoms with Crippen molar-refractivity contribution in [1.29, 1.82) is 0 Å². The molecule has 1 N–H and O–H groups in total. The first-order valence-electron chi connectivity index (χ1n) is 7.02. The maximum absolute atomic E-state index is 12.5. The molecule has 1 aromatic carbocycles. The summed E-state index contributed by atoms with van der Waals surface area (Å²) in [6.45, 7) is 2.63. The van der Waals surface area contributed by atoms with E-state index in [1.165, 1.54) is 21.4 Å². The Morgan fingerprint density at radius 3 is 2.68 bits per heavy atom. The molecule has 0 radical (unpaired) electrons. The Morgan fingerprint density at radius 1 is 1.18 bits per heavy atom. The van der Waals surface area contributed by atoms with Gasteiger partial charge >= 0.3 is 5.97 Å². The maximum Gasteiger partial charge on any atom is 0.305 e. The smallest absolute Gasteiger partial charge is 0.305 e. The van der Waals surface area contributed by atoms with Crippen molar-refractivity contribution in [3.63, 3.8) is 0 Å². The molecule has 0 aliphatic heterocycles. The van der Waals surface area contributed by atoms with Gasteiger partial charge in [-0.3, -0.25) is 9.59 Å². The number of amides is 1. The molecule has 0 spiro atoms. The van der Waals surface area contributed by atoms with E-state index in [1.807, 2.05) is 25.1 Å². The van der Waals surface area contributed by atoms with Crippen LogP contribution >= 0.6 is 22.7 Å². The first-order valence-corrected chi connectivity index (χ1v) is 8.65. The number of thiophene rings is 2. The highest BCUT2D eigenvalue weighted by Gasteiger charge is 2.19. The van der Waals surface area contributed by atoms with E-state index in [1.54, 1.807) is 16.2 Å². The molecule has 0 aliphatic carbocycles. The van der Waals surface area contributed by atoms with Crippen LogP contribution in [-0.4, -0.2) is 35.0 Å². The van der Waals surface area contributed by atoms with Gasteiger partial charge in [-0.1, -0.05) is 18.2 Å². The Bertz CT molecular complexity index is 849. The van der Waals surface area contributed by atoms with E-state index in [2.05, 4.69) is 12.1 Å². The van der Waals surface area contributed by atoms with E-state index in [4.69, 9.17) is 5.11 Å². The molecular weight excluding hydrogens is 318 g/mol. The fourth-order valence-corrected chi connectivity index (χ4v) is 4.89. The summed E-state index contributed by atoms with van der Waals surface area (Å²) >= 11 is 3.17. The topological polar surface area (TPSA) is 57.6 Å². The van der Waals surface area contributed by atoms with Crippen LogP contribution < -0.4 is 0 Å². The van der Waals surface area contributed by atoms with Gasteiger partial charge in [-0.2, -0.15) is 0 Å². The predicted molar refractivity (Wildman–Crippen MR) is 91.0 cm³/mol. The van der Waals surface area contributed by atoms with Crippen LogP contribution in [0.4, 0.5) is 0 Å². The number of fused-ring (bicyclic) bond motifs is 3. The van der Waals surface area contributed by atoms with Crippen molar-refractivity contribution in [3.8, 4) is 0 Å². The van der Waals surface area contributed by atoms with Gasteiger partial charge in [-0.15, -0.1) is 22.7 Å². The number of hydrogen-bond acceptors (Lipinski definition) is 4. The van der Waals surface area contributed by atoms with Crippen LogP contribution in [0.2, 0.25) is 0 Å². The highest BCUT2D eigenvalue weighted by molar-refractivity contribution is 7.33. The number of carbonyl (C=O) groups is 2. The first kappa shape index (κ1) is 15.0. The van der Waals surface area contributed by atoms with Crippen LogP contribution in [0.1, 0.15) is 23.0 Å². The highest BCUT2D eigenvalue weighted by atomic mass is 32.1. The summed E-state index contributed by atoms with van der Waals surface area (Å²) < 4.78 is 3.48. The molecule has 0 saturated carbocycles. The number of nitrogens with zero attached hydrogens (tertiary/aromatic N) is 1. The largest absolute Gasteiger partial charge is 0.481 e. The van der Waals surface area contributed by atoms with Gasteiger partial charge < -0.3 is 10.0 Å². The van der Waals surface area contributed by atoms with Crippen LogP contribution in [0.5, 0.6) is 0 Å². The fraction of sp³-hybridized carbons (Fsp3) is 0.250. The van der Waals surface area contributed by atoms with E-state index >= 15 is 0 Å². The van der Waals surface area contributed by atoms with E-state index in [0.29, 0.717) is 11.4 Å². The van der Waals surface area contributed by atoms with Gasteiger partial charge in [0, 0.05) is 27.9 Å². The summed E-state index contributed by atoms with van der Waals surface area (Å²) in [6.07, 6.45) is -0.0255. The Hall–Kier alpha value is -1.92. The number of carboxylic acid groups (broad SMARTS) is 1. The molecule has 3 rings (SSSR count). The lowest BCUT2D eigenvalue weighted by atomic mass is 10.2. The van der Waals surface area contributed by atoms with Crippen molar-refractivity contribution < 1.29 is 14.7 Å². The lowest BCUT2D eigenvalue weighted by molar-refractivity contribution is -0.137. The van der Waals surface area contributed by atoms with Crippen molar-refractivity contribution in [2.24, 2.45) is 0 Å². The monoisotopic (exact) mass is 333 g/mol. The third-order valence-corrected chi connectivity index (χ3v) is 5.93. The molecule has 0 atom stereocenters. The minimum absolute atomic E-state index is 0.0255. The average Bonchev–Trinajstić information content (AvgIpc) is 3.04. The molecule has 3 aromatic rings. The number of rotatable bonds is 5. The Balaban J connectivity index is 1.91. The van der Waals surface area contributed by atoms with Gasteiger partial charge in [0.25, 0.3) is 5.91 Å². The Morgan fingerprint density at radius 2 is 1.95 bits per heavy atom. The summed E-state index contributed by atoms with van der Waals surface area (Å²) in [4.78, 5) is 25.5. The van der Waals surface area contributed by atoms with E-state index in [0.717, 1.165) is 9.40 Å². The van der Waals surface area contributed by atoms with Crippen LogP contribution in [0.25, 0.3) is 19.5 Å². The van der Waals surface area contributed by atoms with E-state index < -0.39 is 5.97 Å². The second-order valence-electron chi connectivity index (χ2n) is 4.93. The van der Waals surface area contributed by atoms with Gasteiger partial charge in [0.2, 0.25) is 0 Å². The molecule has 4 nitrogen and oxygen atoms in total. The lowest BCUT2D eigenvalue weighted by Crippen LogP contribution is -2.32. The third kappa shape index (κ3) is 2.71. The number of carbonyl (C=O) groups excluding carboxylic acids is 1. The van der Waals surface area contributed by atoms with Crippen molar-refractivity contribution >= 4 is 54.0 Å². The molecule has 0 unspecified atom stereocenters. The van der Waals surface area contributed by atoms with Crippen molar-refractivity contribution in [2.45, 2.75) is 13.3 Å². The number of aliphatic carboxylic acids is 1. The summed E-state index contributed by atoms with van der Waals surface area (Å²) in [7, 11) is 0. The number of benzene rings is 1. The molecule has 2 aromatic heterocycles. The third-order valence-electron chi connectivity index (χ3n) is 3.52. The molecular formula is C16H15NO3S2. The number of carboxylic acids is 1. The molecule has 2 heterocycles. The molecule has 0 bridgehead atoms. The van der Waals surface area contributed by atoms with Crippen LogP contribution in [0.3, 0.4) is 0 Å². The zero-order valence-electron chi connectivity index (χ0n) is 12.0. The van der Waals surface area contributed by atoms with Crippen LogP contribution in [0.15, 0.2) is 30.3 Å². The Kier molecular flexibility index (Phi) is 4.13. The second kappa shape index (κ2) is 6.06. The molecule has 0 saturated heterocycles. The van der Waals surface area contributed by atoms with Crippen molar-refractivity contribution in [3.05, 3.63) is 35.2 Å². The van der Waals surface area contributed by atoms with E-state index in [9.17, 15) is 9.59 Å². The quantitative estimate of drug-likeness (QED) is 0.766. The summed E-state index contributed by atoms with van der Waals surface area (Å²) in [5.74, 6) is -0.967. The molecule has 114 valence electrons. The van der Waals surface area contributed by atoms with Crippen LogP contribution in [0, 0.1) is 0 Å². The van der Waals surface area contributed by atoms with Crippen molar-refractivity contribution in [2.75, 3.05) is 13.1 Å². The predicted octanol–water partition coefficient (Wildman–Crippen LogP) is 4.05. The van der Waals surface area contributed by atoms with Crippen LogP contribution in [-0.2, 0) is 4.79 Å². The summed E-state index contributed by atoms with van der Waals surface area (Å²) in [5.41, 5.74) is 0. The summed E-state index contributed by atoms with van der Waals surface area (Å²) in [6, 6.07) is 10.1. The van der Waals surface area contributed by atoms with E-state index in [-0.39, 0.29) is 18.9 Å². The lowest BCUT2D eigenvalue weighted by Gasteiger charge is -2.18. The maximum atomic E-state index is 12.5. The minimum atomic E-state index is -0.885. The zero-order chi connectivity index (χ0) is 15.7. The average molecular weight is 333 g/mol. The summed E-state index contributed by atoms with van der Waals surface area (Å²) in [5, 5.41) is 9.96. The minimum Gasteiger partial charge on any atom is -0.481 e. The highest BCUT2D eigenvalue weighted by Crippen LogP contribution is 2.39. The fourth-order valence-electron chi connectivity index (χ4n) is 2.39. The van der Waals surface area contributed by atoms with Gasteiger partial charge in [-0.25, -0.2) is 0 Å². The molecule has 1 amide bonds. The normalized spacial score (nSPS) is 11.1. The van der Waals surface area contributed by atoms with Gasteiger partial charge in [0.05, 0.1) is 16.0 Å².